The van der Waals surface area contributed by atoms with Gasteiger partial charge in [0.2, 0.25) is 0 Å². The van der Waals surface area contributed by atoms with Gasteiger partial charge in [-0.25, -0.2) is 4.68 Å². The fraction of sp³-hybridized carbons (Fsp3) is 0.550. The van der Waals surface area contributed by atoms with Crippen LogP contribution in [0.15, 0.2) is 36.5 Å². The Morgan fingerprint density at radius 1 is 1.21 bits per heavy atom. The zero-order valence-corrected chi connectivity index (χ0v) is 17.2. The van der Waals surface area contributed by atoms with Gasteiger partial charge in [0, 0.05) is 0 Å². The van der Waals surface area contributed by atoms with Crippen molar-refractivity contribution in [1.82, 2.24) is 25.2 Å². The molecule has 1 amide bonds. The number of morpholine rings is 1. The van der Waals surface area contributed by atoms with E-state index in [1.807, 2.05) is 53.8 Å². The molecular weight excluding hydrogens is 378 g/mol. The number of hydrogen-bond acceptors (Lipinski definition) is 5. The summed E-state index contributed by atoms with van der Waals surface area (Å²) < 4.78 is 7.91. The summed E-state index contributed by atoms with van der Waals surface area (Å²) in [4.78, 5) is 15.1. The summed E-state index contributed by atoms with van der Waals surface area (Å²) in [7, 11) is 0. The van der Waals surface area contributed by atoms with Crippen molar-refractivity contribution in [2.24, 2.45) is 0 Å². The van der Waals surface area contributed by atoms with Gasteiger partial charge in [-0.05, 0) is 45.3 Å². The molecule has 1 atom stereocenters. The molecule has 0 radical (unpaired) electrons. The highest BCUT2D eigenvalue weighted by Gasteiger charge is 2.39. The van der Waals surface area contributed by atoms with E-state index >= 15 is 0 Å². The number of nitrogens with one attached hydrogen (secondary N) is 1. The maximum Gasteiger partial charge on any atom is 0.276 e. The Hall–Kier alpha value is -1.96. The van der Waals surface area contributed by atoms with Gasteiger partial charge in [0.25, 0.3) is 5.91 Å². The number of hydrogen-bond donors (Lipinski definition) is 1. The third-order valence-electron chi connectivity index (χ3n) is 5.55. The molecule has 2 aliphatic heterocycles. The van der Waals surface area contributed by atoms with Crippen molar-refractivity contribution < 1.29 is 9.53 Å². The number of rotatable bonds is 3. The van der Waals surface area contributed by atoms with Crippen LogP contribution in [0.4, 0.5) is 0 Å². The van der Waals surface area contributed by atoms with Crippen LogP contribution in [0.3, 0.4) is 0 Å². The molecule has 0 bridgehead atoms. The Bertz CT molecular complexity index is 789. The maximum atomic E-state index is 13.2. The van der Waals surface area contributed by atoms with Gasteiger partial charge >= 0.3 is 0 Å². The lowest BCUT2D eigenvalue weighted by Crippen LogP contribution is -2.56. The van der Waals surface area contributed by atoms with Crippen LogP contribution in [-0.2, 0) is 4.74 Å². The molecule has 2 fully saturated rings. The third kappa shape index (κ3) is 4.21. The predicted molar refractivity (Wildman–Crippen MR) is 109 cm³/mol. The molecule has 2 saturated heterocycles. The van der Waals surface area contributed by atoms with Crippen LogP contribution < -0.4 is 5.32 Å². The molecule has 1 aromatic carbocycles. The SMILES string of the molecule is CC1(C)COC(c2ccccc2)CN1C(=O)c1cn(C2CCNCC2)nn1.Cl. The summed E-state index contributed by atoms with van der Waals surface area (Å²) in [5.41, 5.74) is 1.11. The minimum atomic E-state index is -0.388. The topological polar surface area (TPSA) is 72.3 Å². The number of carbonyl (C=O) groups excluding carboxylic acids is 1. The first-order valence-corrected chi connectivity index (χ1v) is 9.66. The van der Waals surface area contributed by atoms with Crippen LogP contribution in [0, 0.1) is 0 Å². The minimum Gasteiger partial charge on any atom is -0.369 e. The Balaban J connectivity index is 0.00000225. The van der Waals surface area contributed by atoms with E-state index in [1.165, 1.54) is 0 Å². The van der Waals surface area contributed by atoms with Gasteiger partial charge in [-0.15, -0.1) is 17.5 Å². The fourth-order valence-corrected chi connectivity index (χ4v) is 3.84. The van der Waals surface area contributed by atoms with Gasteiger partial charge in [-0.3, -0.25) is 4.79 Å². The van der Waals surface area contributed by atoms with Gasteiger partial charge in [-0.1, -0.05) is 35.5 Å². The quantitative estimate of drug-likeness (QED) is 0.849. The minimum absolute atomic E-state index is 0. The van der Waals surface area contributed by atoms with Crippen LogP contribution in [0.25, 0.3) is 0 Å². The molecule has 152 valence electrons. The van der Waals surface area contributed by atoms with Gasteiger partial charge in [0.1, 0.15) is 6.10 Å². The monoisotopic (exact) mass is 405 g/mol. The molecule has 28 heavy (non-hydrogen) atoms. The van der Waals surface area contributed by atoms with Crippen molar-refractivity contribution in [3.63, 3.8) is 0 Å². The van der Waals surface area contributed by atoms with Gasteiger partial charge in [0.15, 0.2) is 5.69 Å². The summed E-state index contributed by atoms with van der Waals surface area (Å²) in [6, 6.07) is 10.4. The number of piperidine rings is 1. The molecular formula is C20H28ClN5O2. The highest BCUT2D eigenvalue weighted by molar-refractivity contribution is 5.92. The average Bonchev–Trinajstić information content (AvgIpc) is 3.19. The van der Waals surface area contributed by atoms with Crippen LogP contribution in [0.1, 0.15) is 54.9 Å². The second-order valence-electron chi connectivity index (χ2n) is 8.00. The molecule has 4 rings (SSSR count). The standard InChI is InChI=1S/C20H27N5O2.ClH/c1-20(2)14-27-18(15-6-4-3-5-7-15)13-24(20)19(26)17-12-25(23-22-17)16-8-10-21-11-9-16;/h3-7,12,16,18,21H,8-11,13-14H2,1-2H3;1H. The van der Waals surface area contributed by atoms with Crippen molar-refractivity contribution >= 4 is 18.3 Å². The first-order valence-electron chi connectivity index (χ1n) is 9.66. The van der Waals surface area contributed by atoms with E-state index in [0.717, 1.165) is 31.5 Å². The van der Waals surface area contributed by atoms with E-state index in [2.05, 4.69) is 15.6 Å². The van der Waals surface area contributed by atoms with E-state index in [1.54, 1.807) is 6.20 Å². The first-order chi connectivity index (χ1) is 13.0. The number of aromatic nitrogens is 3. The molecule has 1 unspecified atom stereocenters. The van der Waals surface area contributed by atoms with Gasteiger partial charge < -0.3 is 15.0 Å². The summed E-state index contributed by atoms with van der Waals surface area (Å²) in [6.07, 6.45) is 3.70. The summed E-state index contributed by atoms with van der Waals surface area (Å²) >= 11 is 0. The molecule has 7 nitrogen and oxygen atoms in total. The van der Waals surface area contributed by atoms with Crippen LogP contribution in [-0.4, -0.2) is 57.6 Å². The van der Waals surface area contributed by atoms with E-state index in [4.69, 9.17) is 4.74 Å². The summed E-state index contributed by atoms with van der Waals surface area (Å²) in [5, 5.41) is 11.8. The van der Waals surface area contributed by atoms with E-state index in [9.17, 15) is 4.79 Å². The Morgan fingerprint density at radius 2 is 1.93 bits per heavy atom. The lowest BCUT2D eigenvalue weighted by Gasteiger charge is -2.45. The fourth-order valence-electron chi connectivity index (χ4n) is 3.84. The zero-order valence-electron chi connectivity index (χ0n) is 16.4. The first kappa shape index (κ1) is 20.8. The molecule has 1 aromatic heterocycles. The number of amides is 1. The zero-order chi connectivity index (χ0) is 18.9. The van der Waals surface area contributed by atoms with Crippen molar-refractivity contribution in [3.05, 3.63) is 47.8 Å². The number of halogens is 1. The average molecular weight is 406 g/mol. The van der Waals surface area contributed by atoms with E-state index in [0.29, 0.717) is 24.9 Å². The lowest BCUT2D eigenvalue weighted by molar-refractivity contribution is -0.0848. The van der Waals surface area contributed by atoms with Gasteiger partial charge in [0.05, 0.1) is 30.9 Å². The van der Waals surface area contributed by atoms with Crippen LogP contribution in [0.2, 0.25) is 0 Å². The second kappa shape index (κ2) is 8.59. The normalized spacial score (nSPS) is 22.5. The lowest BCUT2D eigenvalue weighted by atomic mass is 9.97. The highest BCUT2D eigenvalue weighted by atomic mass is 35.5. The predicted octanol–water partition coefficient (Wildman–Crippen LogP) is 2.62. The van der Waals surface area contributed by atoms with Crippen molar-refractivity contribution in [1.29, 1.82) is 0 Å². The van der Waals surface area contributed by atoms with Crippen molar-refractivity contribution in [2.45, 2.75) is 44.4 Å². The molecule has 2 aromatic rings. The molecule has 0 aliphatic carbocycles. The Morgan fingerprint density at radius 3 is 2.64 bits per heavy atom. The molecule has 2 aliphatic rings. The molecule has 3 heterocycles. The van der Waals surface area contributed by atoms with E-state index < -0.39 is 0 Å². The number of nitrogens with zero attached hydrogens (tertiary/aromatic N) is 4. The van der Waals surface area contributed by atoms with Crippen molar-refractivity contribution in [2.75, 3.05) is 26.2 Å². The van der Waals surface area contributed by atoms with E-state index in [-0.39, 0.29) is 30.0 Å². The molecule has 0 saturated carbocycles. The van der Waals surface area contributed by atoms with Crippen LogP contribution in [0.5, 0.6) is 0 Å². The van der Waals surface area contributed by atoms with Crippen LogP contribution >= 0.6 is 12.4 Å². The summed E-state index contributed by atoms with van der Waals surface area (Å²) in [5.74, 6) is -0.0792. The largest absolute Gasteiger partial charge is 0.369 e. The second-order valence-corrected chi connectivity index (χ2v) is 8.00. The number of carbonyl (C=O) groups is 1. The Kier molecular flexibility index (Phi) is 6.37. The van der Waals surface area contributed by atoms with Crippen molar-refractivity contribution in [3.8, 4) is 0 Å². The maximum absolute atomic E-state index is 13.2. The molecule has 1 N–H and O–H groups in total. The number of benzene rings is 1. The Labute approximate surface area is 171 Å². The van der Waals surface area contributed by atoms with Gasteiger partial charge in [-0.2, -0.15) is 0 Å². The highest BCUT2D eigenvalue weighted by Crippen LogP contribution is 2.31. The summed E-state index contributed by atoms with van der Waals surface area (Å²) in [6.45, 7) is 7.01. The molecule has 0 spiro atoms. The third-order valence-corrected chi connectivity index (χ3v) is 5.55. The molecule has 8 heteroatoms. The smallest absolute Gasteiger partial charge is 0.276 e. The number of ether oxygens (including phenoxy) is 1.